The Balaban J connectivity index is 2.63. The van der Waals surface area contributed by atoms with Gasteiger partial charge in [0.05, 0.1) is 11.4 Å². The molecule has 0 saturated carbocycles. The van der Waals surface area contributed by atoms with Crippen LogP contribution in [0.3, 0.4) is 0 Å². The zero-order valence-electron chi connectivity index (χ0n) is 10.1. The molecule has 1 aromatic carbocycles. The molecule has 7 heteroatoms. The fraction of sp³-hybridized carbons (Fsp3) is 0.333. The number of hydrogen-bond donors (Lipinski definition) is 0. The minimum absolute atomic E-state index is 0.0146. The molecule has 1 aromatic heterocycles. The monoisotopic (exact) mass is 289 g/mol. The van der Waals surface area contributed by atoms with Crippen LogP contribution >= 0.6 is 11.6 Å². The van der Waals surface area contributed by atoms with Crippen LogP contribution < -0.4 is 0 Å². The average Bonchev–Trinajstić information content (AvgIpc) is 2.80. The Morgan fingerprint density at radius 2 is 1.89 bits per heavy atom. The lowest BCUT2D eigenvalue weighted by atomic mass is 10.1. The number of hydrogen-bond acceptors (Lipinski definition) is 2. The summed E-state index contributed by atoms with van der Waals surface area (Å²) >= 11 is 5.70. The van der Waals surface area contributed by atoms with Crippen molar-refractivity contribution in [2.24, 2.45) is 0 Å². The van der Waals surface area contributed by atoms with E-state index in [9.17, 15) is 13.2 Å². The van der Waals surface area contributed by atoms with E-state index in [0.29, 0.717) is 12.4 Å². The summed E-state index contributed by atoms with van der Waals surface area (Å²) in [7, 11) is 0. The summed E-state index contributed by atoms with van der Waals surface area (Å²) in [5, 5.41) is 7.65. The fourth-order valence-corrected chi connectivity index (χ4v) is 2.09. The molecule has 0 radical (unpaired) electrons. The van der Waals surface area contributed by atoms with Crippen LogP contribution in [0.1, 0.15) is 18.3 Å². The molecule has 0 fully saturated rings. The quantitative estimate of drug-likeness (QED) is 0.806. The molecule has 19 heavy (non-hydrogen) atoms. The second-order valence-electron chi connectivity index (χ2n) is 3.86. The molecule has 0 bridgehead atoms. The Bertz CT molecular complexity index is 578. The number of benzene rings is 1. The first-order valence-electron chi connectivity index (χ1n) is 5.63. The van der Waals surface area contributed by atoms with E-state index < -0.39 is 11.7 Å². The van der Waals surface area contributed by atoms with Crippen molar-refractivity contribution in [2.45, 2.75) is 25.5 Å². The maximum Gasteiger partial charge on any atom is 0.417 e. The molecule has 0 spiro atoms. The molecule has 2 aromatic rings. The van der Waals surface area contributed by atoms with Crippen LogP contribution in [-0.2, 0) is 18.6 Å². The molecule has 3 nitrogen and oxygen atoms in total. The molecule has 2 rings (SSSR count). The Hall–Kier alpha value is -1.56. The van der Waals surface area contributed by atoms with Gasteiger partial charge in [-0.05, 0) is 13.0 Å². The van der Waals surface area contributed by atoms with Crippen molar-refractivity contribution in [1.29, 1.82) is 0 Å². The van der Waals surface area contributed by atoms with Crippen molar-refractivity contribution in [2.75, 3.05) is 0 Å². The van der Waals surface area contributed by atoms with Crippen LogP contribution in [0.25, 0.3) is 11.4 Å². The molecular formula is C12H11ClF3N3. The number of aromatic nitrogens is 3. The van der Waals surface area contributed by atoms with Crippen LogP contribution in [0, 0.1) is 0 Å². The summed E-state index contributed by atoms with van der Waals surface area (Å²) in [6, 6.07) is 5.31. The van der Waals surface area contributed by atoms with Crippen LogP contribution in [0.15, 0.2) is 24.3 Å². The molecule has 0 aliphatic rings. The first-order valence-corrected chi connectivity index (χ1v) is 6.17. The van der Waals surface area contributed by atoms with Gasteiger partial charge in [-0.2, -0.15) is 13.2 Å². The van der Waals surface area contributed by atoms with Gasteiger partial charge in [0, 0.05) is 12.1 Å². The second kappa shape index (κ2) is 5.21. The van der Waals surface area contributed by atoms with E-state index >= 15 is 0 Å². The third kappa shape index (κ3) is 2.58. The molecule has 0 atom stereocenters. The standard InChI is InChI=1S/C12H11ClF3N3/c1-2-19-10(7-13)17-18-11(19)8-5-3-4-6-9(8)12(14,15)16/h3-6H,2,7H2,1H3. The first-order chi connectivity index (χ1) is 8.99. The van der Waals surface area contributed by atoms with Crippen LogP contribution in [0.2, 0.25) is 0 Å². The summed E-state index contributed by atoms with van der Waals surface area (Å²) in [6.07, 6.45) is -4.43. The first kappa shape index (κ1) is 13.9. The number of halogens is 4. The third-order valence-corrected chi connectivity index (χ3v) is 2.98. The Morgan fingerprint density at radius 3 is 2.47 bits per heavy atom. The van der Waals surface area contributed by atoms with Crippen molar-refractivity contribution in [3.8, 4) is 11.4 Å². The molecule has 0 unspecified atom stereocenters. The predicted molar refractivity (Wildman–Crippen MR) is 65.7 cm³/mol. The lowest BCUT2D eigenvalue weighted by molar-refractivity contribution is -0.137. The normalized spacial score (nSPS) is 11.8. The summed E-state index contributed by atoms with van der Waals surface area (Å²) < 4.78 is 40.5. The average molecular weight is 290 g/mol. The van der Waals surface area contributed by atoms with E-state index in [1.807, 2.05) is 0 Å². The highest BCUT2D eigenvalue weighted by molar-refractivity contribution is 6.16. The molecule has 0 N–H and O–H groups in total. The van der Waals surface area contributed by atoms with E-state index in [1.165, 1.54) is 12.1 Å². The number of alkyl halides is 4. The van der Waals surface area contributed by atoms with E-state index in [0.717, 1.165) is 6.07 Å². The molecule has 0 aliphatic heterocycles. The lowest BCUT2D eigenvalue weighted by Crippen LogP contribution is -2.09. The van der Waals surface area contributed by atoms with Gasteiger partial charge in [0.1, 0.15) is 5.82 Å². The minimum atomic E-state index is -4.43. The summed E-state index contributed by atoms with van der Waals surface area (Å²) in [6.45, 7) is 2.26. The summed E-state index contributed by atoms with van der Waals surface area (Å²) in [5.74, 6) is 0.747. The largest absolute Gasteiger partial charge is 0.417 e. The maximum absolute atomic E-state index is 13.0. The lowest BCUT2D eigenvalue weighted by Gasteiger charge is -2.13. The van der Waals surface area contributed by atoms with Crippen LogP contribution in [0.4, 0.5) is 13.2 Å². The molecule has 1 heterocycles. The highest BCUT2D eigenvalue weighted by atomic mass is 35.5. The maximum atomic E-state index is 13.0. The van der Waals surface area contributed by atoms with Gasteiger partial charge in [-0.25, -0.2) is 0 Å². The zero-order valence-corrected chi connectivity index (χ0v) is 10.8. The van der Waals surface area contributed by atoms with E-state index in [1.54, 1.807) is 17.6 Å². The van der Waals surface area contributed by atoms with Crippen LogP contribution in [0.5, 0.6) is 0 Å². The zero-order chi connectivity index (χ0) is 14.0. The predicted octanol–water partition coefficient (Wildman–Crippen LogP) is 3.72. The fourth-order valence-electron chi connectivity index (χ4n) is 1.89. The SMILES string of the molecule is CCn1c(CCl)nnc1-c1ccccc1C(F)(F)F. The Morgan fingerprint density at radius 1 is 1.21 bits per heavy atom. The van der Waals surface area contributed by atoms with Crippen molar-refractivity contribution in [3.05, 3.63) is 35.7 Å². The van der Waals surface area contributed by atoms with Gasteiger partial charge in [-0.3, -0.25) is 0 Å². The van der Waals surface area contributed by atoms with Gasteiger partial charge in [0.25, 0.3) is 0 Å². The molecular weight excluding hydrogens is 279 g/mol. The highest BCUT2D eigenvalue weighted by Crippen LogP contribution is 2.36. The van der Waals surface area contributed by atoms with Gasteiger partial charge in [0.15, 0.2) is 5.82 Å². The molecule has 102 valence electrons. The molecule has 0 aliphatic carbocycles. The van der Waals surface area contributed by atoms with Gasteiger partial charge in [0.2, 0.25) is 0 Å². The minimum Gasteiger partial charge on any atom is -0.310 e. The van der Waals surface area contributed by atoms with Crippen molar-refractivity contribution >= 4 is 11.6 Å². The smallest absolute Gasteiger partial charge is 0.310 e. The summed E-state index contributed by atoms with van der Waals surface area (Å²) in [4.78, 5) is 0. The molecule has 0 amide bonds. The van der Waals surface area contributed by atoms with E-state index in [-0.39, 0.29) is 17.3 Å². The van der Waals surface area contributed by atoms with Gasteiger partial charge >= 0.3 is 6.18 Å². The van der Waals surface area contributed by atoms with Crippen molar-refractivity contribution < 1.29 is 13.2 Å². The van der Waals surface area contributed by atoms with Crippen molar-refractivity contribution in [1.82, 2.24) is 14.8 Å². The van der Waals surface area contributed by atoms with Crippen molar-refractivity contribution in [3.63, 3.8) is 0 Å². The van der Waals surface area contributed by atoms with E-state index in [4.69, 9.17) is 11.6 Å². The third-order valence-electron chi connectivity index (χ3n) is 2.74. The Labute approximate surface area is 113 Å². The highest BCUT2D eigenvalue weighted by Gasteiger charge is 2.34. The second-order valence-corrected chi connectivity index (χ2v) is 4.13. The van der Waals surface area contributed by atoms with Gasteiger partial charge in [-0.1, -0.05) is 18.2 Å². The van der Waals surface area contributed by atoms with Gasteiger partial charge < -0.3 is 4.57 Å². The Kier molecular flexibility index (Phi) is 3.80. The van der Waals surface area contributed by atoms with Gasteiger partial charge in [-0.15, -0.1) is 21.8 Å². The summed E-state index contributed by atoms with van der Waals surface area (Å²) in [5.41, 5.74) is -0.709. The number of nitrogens with zero attached hydrogens (tertiary/aromatic N) is 3. The van der Waals surface area contributed by atoms with Crippen LogP contribution in [-0.4, -0.2) is 14.8 Å². The topological polar surface area (TPSA) is 30.7 Å². The van der Waals surface area contributed by atoms with E-state index in [2.05, 4.69) is 10.2 Å². The molecule has 0 saturated heterocycles. The number of rotatable bonds is 3.